The third kappa shape index (κ3) is 3.68. The van der Waals surface area contributed by atoms with Crippen LogP contribution in [-0.4, -0.2) is 54.3 Å². The Balaban J connectivity index is 1.72. The minimum Gasteiger partial charge on any atom is -0.497 e. The summed E-state index contributed by atoms with van der Waals surface area (Å²) in [5.74, 6) is -1.90. The van der Waals surface area contributed by atoms with Gasteiger partial charge in [-0.05, 0) is 46.7 Å². The van der Waals surface area contributed by atoms with Gasteiger partial charge in [0.1, 0.15) is 12.3 Å². The number of rotatable bonds is 6. The monoisotopic (exact) mass is 387 g/mol. The van der Waals surface area contributed by atoms with Crippen molar-refractivity contribution in [1.82, 2.24) is 9.80 Å². The van der Waals surface area contributed by atoms with Gasteiger partial charge in [-0.1, -0.05) is 0 Å². The van der Waals surface area contributed by atoms with Gasteiger partial charge in [0.05, 0.1) is 12.8 Å². The van der Waals surface area contributed by atoms with E-state index in [2.05, 4.69) is 0 Å². The number of methoxy groups -OCH3 is 1. The second-order valence-corrected chi connectivity index (χ2v) is 6.67. The molecule has 8 nitrogen and oxygen atoms in total. The Morgan fingerprint density at radius 1 is 1.11 bits per heavy atom. The molecule has 5 amide bonds. The summed E-state index contributed by atoms with van der Waals surface area (Å²) in [6.45, 7) is -0.134. The summed E-state index contributed by atoms with van der Waals surface area (Å²) in [7, 11) is 3.07. The third-order valence-corrected chi connectivity index (χ3v) is 4.84. The summed E-state index contributed by atoms with van der Waals surface area (Å²) in [6.07, 6.45) is 0. The van der Waals surface area contributed by atoms with Gasteiger partial charge in [-0.25, -0.2) is 14.6 Å². The molecule has 0 bridgehead atoms. The molecule has 0 radical (unpaired) electrons. The van der Waals surface area contributed by atoms with Gasteiger partial charge in [-0.2, -0.15) is 11.3 Å². The lowest BCUT2D eigenvalue weighted by molar-refractivity contribution is -0.142. The first kappa shape index (κ1) is 18.6. The second-order valence-electron chi connectivity index (χ2n) is 5.89. The van der Waals surface area contributed by atoms with Gasteiger partial charge in [0.15, 0.2) is 0 Å². The number of imide groups is 2. The third-order valence-electron chi connectivity index (χ3n) is 4.10. The van der Waals surface area contributed by atoms with E-state index in [0.717, 1.165) is 10.5 Å². The summed E-state index contributed by atoms with van der Waals surface area (Å²) in [6, 6.07) is 7.18. The molecule has 0 N–H and O–H groups in total. The number of nitrogens with zero attached hydrogens (tertiary/aromatic N) is 3. The van der Waals surface area contributed by atoms with E-state index in [-0.39, 0.29) is 5.69 Å². The van der Waals surface area contributed by atoms with Crippen LogP contribution in [0.15, 0.2) is 41.1 Å². The van der Waals surface area contributed by atoms with Crippen molar-refractivity contribution in [3.8, 4) is 5.75 Å². The van der Waals surface area contributed by atoms with E-state index < -0.39 is 30.3 Å². The molecule has 1 aromatic carbocycles. The zero-order valence-corrected chi connectivity index (χ0v) is 15.6. The molecule has 27 heavy (non-hydrogen) atoms. The first-order chi connectivity index (χ1) is 12.9. The summed E-state index contributed by atoms with van der Waals surface area (Å²) in [5, 5.41) is 3.80. The molecule has 1 aliphatic heterocycles. The Bertz CT molecular complexity index is 879. The fourth-order valence-electron chi connectivity index (χ4n) is 2.60. The van der Waals surface area contributed by atoms with Crippen LogP contribution in [0.5, 0.6) is 5.75 Å². The van der Waals surface area contributed by atoms with Crippen LogP contribution in [0.4, 0.5) is 10.5 Å². The Morgan fingerprint density at radius 2 is 1.81 bits per heavy atom. The number of anilines is 1. The molecule has 0 saturated carbocycles. The lowest BCUT2D eigenvalue weighted by atomic mass is 10.3. The molecule has 1 saturated heterocycles. The fourth-order valence-corrected chi connectivity index (χ4v) is 3.26. The Hall–Kier alpha value is -3.20. The molecule has 3 rings (SSSR count). The van der Waals surface area contributed by atoms with Crippen molar-refractivity contribution in [3.05, 3.63) is 46.7 Å². The predicted octanol–water partition coefficient (Wildman–Crippen LogP) is 1.71. The SMILES string of the molecule is COc1ccc(N2C(=O)C(=O)N(CC(=O)N(C)Cc3ccsc3)C2=O)cc1. The van der Waals surface area contributed by atoms with Gasteiger partial charge in [0, 0.05) is 13.6 Å². The van der Waals surface area contributed by atoms with E-state index in [1.165, 1.54) is 35.5 Å². The summed E-state index contributed by atoms with van der Waals surface area (Å²) >= 11 is 1.51. The Kier molecular flexibility index (Phi) is 5.22. The molecule has 2 heterocycles. The van der Waals surface area contributed by atoms with Crippen molar-refractivity contribution >= 4 is 40.8 Å². The fraction of sp³-hybridized carbons (Fsp3) is 0.222. The van der Waals surface area contributed by atoms with Crippen LogP contribution in [0.1, 0.15) is 5.56 Å². The first-order valence-electron chi connectivity index (χ1n) is 8.01. The largest absolute Gasteiger partial charge is 0.497 e. The summed E-state index contributed by atoms with van der Waals surface area (Å²) < 4.78 is 5.03. The van der Waals surface area contributed by atoms with Crippen LogP contribution >= 0.6 is 11.3 Å². The van der Waals surface area contributed by atoms with Gasteiger partial charge >= 0.3 is 17.8 Å². The molecule has 1 aromatic heterocycles. The van der Waals surface area contributed by atoms with Crippen LogP contribution in [-0.2, 0) is 20.9 Å². The molecule has 0 spiro atoms. The number of benzene rings is 1. The van der Waals surface area contributed by atoms with Crippen LogP contribution < -0.4 is 9.64 Å². The number of thiophene rings is 1. The smallest absolute Gasteiger partial charge is 0.339 e. The molecule has 0 atom stereocenters. The number of likely N-dealkylation sites (N-methyl/N-ethyl adjacent to an activating group) is 1. The van der Waals surface area contributed by atoms with Crippen molar-refractivity contribution in [2.45, 2.75) is 6.54 Å². The molecule has 1 aliphatic rings. The van der Waals surface area contributed by atoms with Crippen molar-refractivity contribution in [3.63, 3.8) is 0 Å². The number of ether oxygens (including phenoxy) is 1. The highest BCUT2D eigenvalue weighted by molar-refractivity contribution is 7.07. The van der Waals surface area contributed by atoms with E-state index in [1.807, 2.05) is 16.8 Å². The van der Waals surface area contributed by atoms with E-state index in [9.17, 15) is 19.2 Å². The maximum absolute atomic E-state index is 12.6. The number of amides is 5. The van der Waals surface area contributed by atoms with Crippen LogP contribution in [0.2, 0.25) is 0 Å². The number of carbonyl (C=O) groups excluding carboxylic acids is 4. The standard InChI is InChI=1S/C18H17N3O5S/c1-19(9-12-7-8-27-11-12)15(22)10-20-16(23)17(24)21(18(20)25)13-3-5-14(26-2)6-4-13/h3-8,11H,9-10H2,1-2H3. The zero-order chi connectivity index (χ0) is 19.6. The average molecular weight is 387 g/mol. The minimum absolute atomic E-state index is 0.237. The normalized spacial score (nSPS) is 14.1. The van der Waals surface area contributed by atoms with Crippen LogP contribution in [0.25, 0.3) is 0 Å². The molecule has 9 heteroatoms. The predicted molar refractivity (Wildman–Crippen MR) is 98.4 cm³/mol. The van der Waals surface area contributed by atoms with Gasteiger partial charge in [-0.3, -0.25) is 14.4 Å². The maximum atomic E-state index is 12.6. The maximum Gasteiger partial charge on any atom is 0.339 e. The molecule has 140 valence electrons. The van der Waals surface area contributed by atoms with Crippen LogP contribution in [0, 0.1) is 0 Å². The van der Waals surface area contributed by atoms with E-state index in [0.29, 0.717) is 17.2 Å². The second kappa shape index (κ2) is 7.58. The van der Waals surface area contributed by atoms with Crippen molar-refractivity contribution < 1.29 is 23.9 Å². The highest BCUT2D eigenvalue weighted by atomic mass is 32.1. The highest BCUT2D eigenvalue weighted by Gasteiger charge is 2.46. The van der Waals surface area contributed by atoms with Crippen molar-refractivity contribution in [2.75, 3.05) is 25.6 Å². The van der Waals surface area contributed by atoms with Gasteiger partial charge < -0.3 is 9.64 Å². The average Bonchev–Trinajstić information content (AvgIpc) is 3.25. The molecule has 1 fully saturated rings. The zero-order valence-electron chi connectivity index (χ0n) is 14.7. The lowest BCUT2D eigenvalue weighted by Crippen LogP contribution is -2.42. The van der Waals surface area contributed by atoms with Crippen molar-refractivity contribution in [2.24, 2.45) is 0 Å². The van der Waals surface area contributed by atoms with E-state index >= 15 is 0 Å². The molecule has 0 aliphatic carbocycles. The quantitative estimate of drug-likeness (QED) is 0.556. The number of hydrogen-bond donors (Lipinski definition) is 0. The first-order valence-corrected chi connectivity index (χ1v) is 8.95. The summed E-state index contributed by atoms with van der Waals surface area (Å²) in [5.41, 5.74) is 1.19. The van der Waals surface area contributed by atoms with Crippen LogP contribution in [0.3, 0.4) is 0 Å². The van der Waals surface area contributed by atoms with Gasteiger partial charge in [0.25, 0.3) is 0 Å². The molecular weight excluding hydrogens is 370 g/mol. The molecule has 0 unspecified atom stereocenters. The van der Waals surface area contributed by atoms with E-state index in [4.69, 9.17) is 4.74 Å². The van der Waals surface area contributed by atoms with Gasteiger partial charge in [0.2, 0.25) is 5.91 Å². The number of hydrogen-bond acceptors (Lipinski definition) is 6. The number of urea groups is 1. The van der Waals surface area contributed by atoms with Gasteiger partial charge in [-0.15, -0.1) is 0 Å². The highest BCUT2D eigenvalue weighted by Crippen LogP contribution is 2.24. The lowest BCUT2D eigenvalue weighted by Gasteiger charge is -2.20. The van der Waals surface area contributed by atoms with Crippen molar-refractivity contribution in [1.29, 1.82) is 0 Å². The Labute approximate surface area is 159 Å². The van der Waals surface area contributed by atoms with E-state index in [1.54, 1.807) is 19.2 Å². The molecule has 2 aromatic rings. The topological polar surface area (TPSA) is 87.2 Å². The minimum atomic E-state index is -1.02. The summed E-state index contributed by atoms with van der Waals surface area (Å²) in [4.78, 5) is 52.2. The molecular formula is C18H17N3O5S. The number of carbonyl (C=O) groups is 4. The Morgan fingerprint density at radius 3 is 2.41 bits per heavy atom.